The molecule has 2 heterocycles. The van der Waals surface area contributed by atoms with Crippen LogP contribution in [0.2, 0.25) is 0 Å². The number of hydrogen-bond donors (Lipinski definition) is 2. The molecule has 10 heteroatoms. The quantitative estimate of drug-likeness (QED) is 0.317. The number of carbonyl (C=O) groups excluding carboxylic acids is 2. The van der Waals surface area contributed by atoms with E-state index in [1.54, 1.807) is 0 Å². The molecular weight excluding hydrogens is 555 g/mol. The van der Waals surface area contributed by atoms with Crippen molar-refractivity contribution in [1.82, 2.24) is 14.9 Å². The Morgan fingerprint density at radius 3 is 2.30 bits per heavy atom. The number of halogens is 3. The zero-order chi connectivity index (χ0) is 30.1. The van der Waals surface area contributed by atoms with Crippen molar-refractivity contribution >= 4 is 23.2 Å². The van der Waals surface area contributed by atoms with Gasteiger partial charge in [0.25, 0.3) is 5.91 Å². The molecule has 2 aromatic carbocycles. The van der Waals surface area contributed by atoms with Gasteiger partial charge in [0.1, 0.15) is 6.33 Å². The number of nitrogens with zero attached hydrogens (tertiary/aromatic N) is 3. The fourth-order valence-corrected chi connectivity index (χ4v) is 7.31. The van der Waals surface area contributed by atoms with Gasteiger partial charge in [0.15, 0.2) is 0 Å². The van der Waals surface area contributed by atoms with Crippen LogP contribution in [-0.2, 0) is 11.0 Å². The summed E-state index contributed by atoms with van der Waals surface area (Å²) in [7, 11) is 0. The molecule has 3 fully saturated rings. The number of nitrogens with one attached hydrogen (secondary N) is 2. The highest BCUT2D eigenvalue weighted by molar-refractivity contribution is 5.97. The highest BCUT2D eigenvalue weighted by Gasteiger charge is 2.50. The van der Waals surface area contributed by atoms with Crippen molar-refractivity contribution in [2.24, 2.45) is 11.8 Å². The predicted octanol–water partition coefficient (Wildman–Crippen LogP) is 7.17. The molecule has 4 unspecified atom stereocenters. The SMILES string of the molecule is Cc1ccc(NC(=O)C2CC3CCCC3N(C(=O)c3cncnc3)C2c2ccc(NC3CCCC3)cc2)cc1C(F)(F)F. The van der Waals surface area contributed by atoms with Crippen LogP contribution in [0.15, 0.2) is 61.2 Å². The average molecular weight is 592 g/mol. The second kappa shape index (κ2) is 12.0. The molecule has 226 valence electrons. The van der Waals surface area contributed by atoms with E-state index in [0.29, 0.717) is 18.0 Å². The zero-order valence-corrected chi connectivity index (χ0v) is 24.1. The Morgan fingerprint density at radius 1 is 0.907 bits per heavy atom. The van der Waals surface area contributed by atoms with Gasteiger partial charge in [-0.25, -0.2) is 9.97 Å². The first-order valence-electron chi connectivity index (χ1n) is 15.1. The van der Waals surface area contributed by atoms with Gasteiger partial charge in [0.2, 0.25) is 5.91 Å². The fraction of sp³-hybridized carbons (Fsp3) is 0.455. The molecule has 1 aliphatic heterocycles. The third-order valence-corrected chi connectivity index (χ3v) is 9.38. The van der Waals surface area contributed by atoms with Crippen LogP contribution in [0.4, 0.5) is 24.5 Å². The maximum Gasteiger partial charge on any atom is 0.416 e. The van der Waals surface area contributed by atoms with E-state index < -0.39 is 29.6 Å². The molecule has 0 radical (unpaired) electrons. The van der Waals surface area contributed by atoms with Gasteiger partial charge in [-0.15, -0.1) is 0 Å². The van der Waals surface area contributed by atoms with E-state index in [0.717, 1.165) is 49.4 Å². The molecule has 2 N–H and O–H groups in total. The smallest absolute Gasteiger partial charge is 0.382 e. The molecule has 4 atom stereocenters. The summed E-state index contributed by atoms with van der Waals surface area (Å²) in [6, 6.07) is 11.5. The number of fused-ring (bicyclic) bond motifs is 1. The normalized spacial score (nSPS) is 24.0. The fourth-order valence-electron chi connectivity index (χ4n) is 7.31. The van der Waals surface area contributed by atoms with E-state index in [4.69, 9.17) is 0 Å². The summed E-state index contributed by atoms with van der Waals surface area (Å²) < 4.78 is 40.9. The number of piperidine rings is 1. The lowest BCUT2D eigenvalue weighted by Gasteiger charge is -2.48. The summed E-state index contributed by atoms with van der Waals surface area (Å²) >= 11 is 0. The second-order valence-electron chi connectivity index (χ2n) is 12.1. The number of benzene rings is 2. The van der Waals surface area contributed by atoms with Crippen LogP contribution in [0.5, 0.6) is 0 Å². The van der Waals surface area contributed by atoms with Crippen LogP contribution in [0, 0.1) is 18.8 Å². The van der Waals surface area contributed by atoms with Gasteiger partial charge < -0.3 is 15.5 Å². The number of alkyl halides is 3. The van der Waals surface area contributed by atoms with Gasteiger partial charge in [-0.3, -0.25) is 9.59 Å². The number of carbonyl (C=O) groups is 2. The largest absolute Gasteiger partial charge is 0.416 e. The number of anilines is 2. The van der Waals surface area contributed by atoms with E-state index in [-0.39, 0.29) is 29.1 Å². The Kier molecular flexibility index (Phi) is 8.11. The molecule has 2 aliphatic carbocycles. The van der Waals surface area contributed by atoms with Crippen LogP contribution >= 0.6 is 0 Å². The maximum atomic E-state index is 14.1. The molecule has 1 saturated heterocycles. The summed E-state index contributed by atoms with van der Waals surface area (Å²) in [6.07, 6.45) is 7.66. The number of likely N-dealkylation sites (tertiary alicyclic amines) is 1. The first kappa shape index (κ1) is 29.1. The standard InChI is InChI=1S/C33H36F3N5O2/c1-20-9-12-26(16-28(20)33(34,35)36)40-31(42)27-15-22-5-4-8-29(22)41(32(43)23-17-37-19-38-18-23)30(27)21-10-13-25(14-11-21)39-24-6-2-3-7-24/h9-14,16-19,22,24,27,29-30,39H,2-8,15H2,1H3,(H,40,42). The molecule has 1 aromatic heterocycles. The first-order valence-corrected chi connectivity index (χ1v) is 15.1. The van der Waals surface area contributed by atoms with Crippen molar-refractivity contribution in [3.8, 4) is 0 Å². The van der Waals surface area contributed by atoms with E-state index in [9.17, 15) is 22.8 Å². The topological polar surface area (TPSA) is 87.2 Å². The second-order valence-corrected chi connectivity index (χ2v) is 12.1. The molecule has 3 aliphatic rings. The molecule has 7 nitrogen and oxygen atoms in total. The number of aromatic nitrogens is 2. The Labute approximate surface area is 249 Å². The van der Waals surface area contributed by atoms with Crippen molar-refractivity contribution in [1.29, 1.82) is 0 Å². The van der Waals surface area contributed by atoms with Crippen LogP contribution in [0.3, 0.4) is 0 Å². The number of rotatable bonds is 6. The zero-order valence-electron chi connectivity index (χ0n) is 24.1. The maximum absolute atomic E-state index is 14.1. The molecule has 0 spiro atoms. The lowest BCUT2D eigenvalue weighted by Crippen LogP contribution is -2.53. The minimum absolute atomic E-state index is 0.0609. The van der Waals surface area contributed by atoms with Crippen LogP contribution in [-0.4, -0.2) is 38.8 Å². The predicted molar refractivity (Wildman–Crippen MR) is 157 cm³/mol. The molecular formula is C33H36F3N5O2. The molecule has 2 saturated carbocycles. The lowest BCUT2D eigenvalue weighted by atomic mass is 9.76. The minimum atomic E-state index is -4.54. The van der Waals surface area contributed by atoms with Gasteiger partial charge in [0.05, 0.1) is 23.1 Å². The van der Waals surface area contributed by atoms with E-state index in [2.05, 4.69) is 20.6 Å². The summed E-state index contributed by atoms with van der Waals surface area (Å²) in [5.41, 5.74) is 1.52. The van der Waals surface area contributed by atoms with E-state index in [1.165, 1.54) is 50.6 Å². The first-order chi connectivity index (χ1) is 20.7. The summed E-state index contributed by atoms with van der Waals surface area (Å²) in [4.78, 5) is 38.1. The van der Waals surface area contributed by atoms with Crippen LogP contribution < -0.4 is 10.6 Å². The van der Waals surface area contributed by atoms with Crippen LogP contribution in [0.1, 0.15) is 84.5 Å². The van der Waals surface area contributed by atoms with Gasteiger partial charge in [0, 0.05) is 35.9 Å². The summed E-state index contributed by atoms with van der Waals surface area (Å²) in [5, 5.41) is 6.36. The monoisotopic (exact) mass is 591 g/mol. The molecule has 2 amide bonds. The highest BCUT2D eigenvalue weighted by Crippen LogP contribution is 2.49. The number of aryl methyl sites for hydroxylation is 1. The molecule has 6 rings (SSSR count). The van der Waals surface area contributed by atoms with Crippen molar-refractivity contribution in [3.05, 3.63) is 83.4 Å². The van der Waals surface area contributed by atoms with Gasteiger partial charge >= 0.3 is 6.18 Å². The highest BCUT2D eigenvalue weighted by atomic mass is 19.4. The Morgan fingerprint density at radius 2 is 1.60 bits per heavy atom. The van der Waals surface area contributed by atoms with Crippen molar-refractivity contribution in [2.45, 2.75) is 82.6 Å². The number of hydrogen-bond acceptors (Lipinski definition) is 5. The summed E-state index contributed by atoms with van der Waals surface area (Å²) in [5.74, 6) is -1.21. The van der Waals surface area contributed by atoms with Gasteiger partial charge in [-0.05, 0) is 80.3 Å². The third kappa shape index (κ3) is 6.10. The molecule has 0 bridgehead atoms. The molecule has 3 aromatic rings. The Hall–Kier alpha value is -3.95. The van der Waals surface area contributed by atoms with Crippen LogP contribution in [0.25, 0.3) is 0 Å². The van der Waals surface area contributed by atoms with Crippen molar-refractivity contribution in [3.63, 3.8) is 0 Å². The Bertz CT molecular complexity index is 1460. The Balaban J connectivity index is 1.36. The van der Waals surface area contributed by atoms with Crippen molar-refractivity contribution < 1.29 is 22.8 Å². The van der Waals surface area contributed by atoms with E-state index in [1.807, 2.05) is 29.2 Å². The average Bonchev–Trinajstić information content (AvgIpc) is 3.69. The molecule has 43 heavy (non-hydrogen) atoms. The van der Waals surface area contributed by atoms with E-state index >= 15 is 0 Å². The summed E-state index contributed by atoms with van der Waals surface area (Å²) in [6.45, 7) is 1.40. The lowest BCUT2D eigenvalue weighted by molar-refractivity contribution is -0.138. The third-order valence-electron chi connectivity index (χ3n) is 9.38. The number of amides is 2. The van der Waals surface area contributed by atoms with Gasteiger partial charge in [-0.1, -0.05) is 37.5 Å². The van der Waals surface area contributed by atoms with Gasteiger partial charge in [-0.2, -0.15) is 13.2 Å². The minimum Gasteiger partial charge on any atom is -0.382 e. The van der Waals surface area contributed by atoms with Crippen molar-refractivity contribution in [2.75, 3.05) is 10.6 Å².